The SMILES string of the molecule is CC(C)(C)NCCc1ccc(Cn2cc(Br)cn2)cc1. The molecule has 0 aliphatic carbocycles. The van der Waals surface area contributed by atoms with E-state index in [0.717, 1.165) is 24.0 Å². The van der Waals surface area contributed by atoms with Gasteiger partial charge in [-0.1, -0.05) is 24.3 Å². The molecule has 0 fully saturated rings. The lowest BCUT2D eigenvalue weighted by Gasteiger charge is -2.20. The summed E-state index contributed by atoms with van der Waals surface area (Å²) in [6.45, 7) is 8.40. The molecule has 108 valence electrons. The number of halogens is 1. The summed E-state index contributed by atoms with van der Waals surface area (Å²) < 4.78 is 2.95. The predicted molar refractivity (Wildman–Crippen MR) is 86.9 cm³/mol. The van der Waals surface area contributed by atoms with Crippen LogP contribution in [0.2, 0.25) is 0 Å². The van der Waals surface area contributed by atoms with Gasteiger partial charge in [0.05, 0.1) is 17.2 Å². The third-order valence-corrected chi connectivity index (χ3v) is 3.45. The molecule has 0 aliphatic rings. The summed E-state index contributed by atoms with van der Waals surface area (Å²) in [7, 11) is 0. The van der Waals surface area contributed by atoms with E-state index < -0.39 is 0 Å². The first-order chi connectivity index (χ1) is 9.42. The summed E-state index contributed by atoms with van der Waals surface area (Å²) >= 11 is 3.41. The monoisotopic (exact) mass is 335 g/mol. The first-order valence-corrected chi connectivity index (χ1v) is 7.72. The van der Waals surface area contributed by atoms with Crippen LogP contribution in [0.4, 0.5) is 0 Å². The van der Waals surface area contributed by atoms with E-state index in [1.165, 1.54) is 11.1 Å². The van der Waals surface area contributed by atoms with Crippen LogP contribution in [0.1, 0.15) is 31.9 Å². The Morgan fingerprint density at radius 2 is 1.80 bits per heavy atom. The maximum absolute atomic E-state index is 4.27. The second-order valence-corrected chi connectivity index (χ2v) is 7.02. The quantitative estimate of drug-likeness (QED) is 0.904. The van der Waals surface area contributed by atoms with Crippen molar-refractivity contribution >= 4 is 15.9 Å². The van der Waals surface area contributed by atoms with E-state index in [1.54, 1.807) is 0 Å². The van der Waals surface area contributed by atoms with E-state index in [9.17, 15) is 0 Å². The summed E-state index contributed by atoms with van der Waals surface area (Å²) in [5.74, 6) is 0. The maximum Gasteiger partial charge on any atom is 0.0659 e. The van der Waals surface area contributed by atoms with Gasteiger partial charge in [-0.3, -0.25) is 4.68 Å². The van der Waals surface area contributed by atoms with Crippen molar-refractivity contribution in [3.8, 4) is 0 Å². The molecule has 1 N–H and O–H groups in total. The highest BCUT2D eigenvalue weighted by Crippen LogP contribution is 2.10. The largest absolute Gasteiger partial charge is 0.312 e. The minimum atomic E-state index is 0.188. The average Bonchev–Trinajstić information content (AvgIpc) is 2.75. The van der Waals surface area contributed by atoms with Crippen LogP contribution < -0.4 is 5.32 Å². The van der Waals surface area contributed by atoms with Gasteiger partial charge in [-0.15, -0.1) is 0 Å². The van der Waals surface area contributed by atoms with Gasteiger partial charge in [0.15, 0.2) is 0 Å². The number of hydrogen-bond donors (Lipinski definition) is 1. The molecule has 0 saturated carbocycles. The van der Waals surface area contributed by atoms with Gasteiger partial charge in [-0.2, -0.15) is 5.10 Å². The van der Waals surface area contributed by atoms with Crippen molar-refractivity contribution in [2.75, 3.05) is 6.54 Å². The minimum absolute atomic E-state index is 0.188. The third-order valence-electron chi connectivity index (χ3n) is 3.04. The molecule has 0 unspecified atom stereocenters. The van der Waals surface area contributed by atoms with Gasteiger partial charge in [0.2, 0.25) is 0 Å². The van der Waals surface area contributed by atoms with Crippen LogP contribution in [-0.4, -0.2) is 21.9 Å². The summed E-state index contributed by atoms with van der Waals surface area (Å²) in [4.78, 5) is 0. The highest BCUT2D eigenvalue weighted by molar-refractivity contribution is 9.10. The van der Waals surface area contributed by atoms with Gasteiger partial charge in [0.25, 0.3) is 0 Å². The van der Waals surface area contributed by atoms with Crippen LogP contribution in [0, 0.1) is 0 Å². The Morgan fingerprint density at radius 1 is 1.15 bits per heavy atom. The number of nitrogens with one attached hydrogen (secondary N) is 1. The van der Waals surface area contributed by atoms with E-state index in [-0.39, 0.29) is 5.54 Å². The number of benzene rings is 1. The standard InChI is InChI=1S/C16H22BrN3/c1-16(2,3)18-9-8-13-4-6-14(7-5-13)11-20-12-15(17)10-19-20/h4-7,10,12,18H,8-9,11H2,1-3H3. The molecule has 1 aromatic carbocycles. The minimum Gasteiger partial charge on any atom is -0.312 e. The van der Waals surface area contributed by atoms with Gasteiger partial charge in [-0.25, -0.2) is 0 Å². The maximum atomic E-state index is 4.27. The zero-order chi connectivity index (χ0) is 14.6. The van der Waals surface area contributed by atoms with Crippen molar-refractivity contribution < 1.29 is 0 Å². The fourth-order valence-electron chi connectivity index (χ4n) is 2.01. The van der Waals surface area contributed by atoms with E-state index in [1.807, 2.05) is 17.1 Å². The fraction of sp³-hybridized carbons (Fsp3) is 0.438. The van der Waals surface area contributed by atoms with Crippen LogP contribution in [-0.2, 0) is 13.0 Å². The molecule has 2 rings (SSSR count). The van der Waals surface area contributed by atoms with Crippen molar-refractivity contribution in [2.45, 2.75) is 39.3 Å². The van der Waals surface area contributed by atoms with Gasteiger partial charge < -0.3 is 5.32 Å². The topological polar surface area (TPSA) is 29.9 Å². The molecule has 0 amide bonds. The van der Waals surface area contributed by atoms with Crippen LogP contribution in [0.25, 0.3) is 0 Å². The van der Waals surface area contributed by atoms with Crippen molar-refractivity contribution in [3.05, 3.63) is 52.3 Å². The molecule has 0 bridgehead atoms. The predicted octanol–water partition coefficient (Wildman–Crippen LogP) is 3.62. The van der Waals surface area contributed by atoms with Gasteiger partial charge in [-0.05, 0) is 60.8 Å². The van der Waals surface area contributed by atoms with Gasteiger partial charge in [0, 0.05) is 11.7 Å². The Labute approximate surface area is 129 Å². The fourth-order valence-corrected chi connectivity index (χ4v) is 2.33. The van der Waals surface area contributed by atoms with Crippen molar-refractivity contribution in [2.24, 2.45) is 0 Å². The molecular weight excluding hydrogens is 314 g/mol. The molecule has 0 atom stereocenters. The molecule has 2 aromatic rings. The van der Waals surface area contributed by atoms with E-state index >= 15 is 0 Å². The molecule has 4 heteroatoms. The van der Waals surface area contributed by atoms with Crippen molar-refractivity contribution in [1.82, 2.24) is 15.1 Å². The second-order valence-electron chi connectivity index (χ2n) is 6.10. The molecule has 0 radical (unpaired) electrons. The zero-order valence-electron chi connectivity index (χ0n) is 12.4. The Kier molecular flexibility index (Phi) is 5.00. The molecule has 3 nitrogen and oxygen atoms in total. The van der Waals surface area contributed by atoms with Crippen LogP contribution >= 0.6 is 15.9 Å². The Balaban J connectivity index is 1.86. The lowest BCUT2D eigenvalue weighted by Crippen LogP contribution is -2.37. The Bertz CT molecular complexity index is 538. The Morgan fingerprint density at radius 3 is 2.35 bits per heavy atom. The lowest BCUT2D eigenvalue weighted by molar-refractivity contribution is 0.429. The summed E-state index contributed by atoms with van der Waals surface area (Å²) in [6.07, 6.45) is 4.86. The summed E-state index contributed by atoms with van der Waals surface area (Å²) in [5.41, 5.74) is 2.83. The van der Waals surface area contributed by atoms with Crippen molar-refractivity contribution in [3.63, 3.8) is 0 Å². The summed E-state index contributed by atoms with van der Waals surface area (Å²) in [5, 5.41) is 7.78. The van der Waals surface area contributed by atoms with Gasteiger partial charge in [0.1, 0.15) is 0 Å². The van der Waals surface area contributed by atoms with Crippen molar-refractivity contribution in [1.29, 1.82) is 0 Å². The van der Waals surface area contributed by atoms with E-state index in [4.69, 9.17) is 0 Å². The molecule has 0 aliphatic heterocycles. The lowest BCUT2D eigenvalue weighted by atomic mass is 10.1. The van der Waals surface area contributed by atoms with Crippen LogP contribution in [0.3, 0.4) is 0 Å². The zero-order valence-corrected chi connectivity index (χ0v) is 13.9. The third kappa shape index (κ3) is 5.10. The number of aromatic nitrogens is 2. The van der Waals surface area contributed by atoms with Crippen LogP contribution in [0.15, 0.2) is 41.1 Å². The highest BCUT2D eigenvalue weighted by atomic mass is 79.9. The first-order valence-electron chi connectivity index (χ1n) is 6.93. The normalized spacial score (nSPS) is 11.8. The molecule has 1 heterocycles. The molecule has 20 heavy (non-hydrogen) atoms. The first kappa shape index (κ1) is 15.3. The van der Waals surface area contributed by atoms with Crippen LogP contribution in [0.5, 0.6) is 0 Å². The summed E-state index contributed by atoms with van der Waals surface area (Å²) in [6, 6.07) is 8.78. The van der Waals surface area contributed by atoms with Gasteiger partial charge >= 0.3 is 0 Å². The highest BCUT2D eigenvalue weighted by Gasteiger charge is 2.07. The molecular formula is C16H22BrN3. The number of hydrogen-bond acceptors (Lipinski definition) is 2. The molecule has 0 spiro atoms. The van der Waals surface area contributed by atoms with E-state index in [0.29, 0.717) is 0 Å². The smallest absolute Gasteiger partial charge is 0.0659 e. The second kappa shape index (κ2) is 6.55. The number of rotatable bonds is 5. The average molecular weight is 336 g/mol. The molecule has 0 saturated heterocycles. The molecule has 1 aromatic heterocycles. The number of nitrogens with zero attached hydrogens (tertiary/aromatic N) is 2. The Hall–Kier alpha value is -1.13. The van der Waals surface area contributed by atoms with E-state index in [2.05, 4.69) is 71.4 Å².